The van der Waals surface area contributed by atoms with E-state index in [1.165, 1.54) is 6.20 Å². The number of carbonyl (C=O) groups is 1. The number of nitriles is 1. The van der Waals surface area contributed by atoms with E-state index in [-0.39, 0.29) is 5.91 Å². The minimum Gasteiger partial charge on any atom is -0.324 e. The monoisotopic (exact) mass is 217 g/mol. The quantitative estimate of drug-likeness (QED) is 0.784. The van der Waals surface area contributed by atoms with Crippen LogP contribution in [0.1, 0.15) is 32.0 Å². The molecule has 0 unspecified atom stereocenters. The third-order valence-corrected chi connectivity index (χ3v) is 2.15. The molecule has 1 aromatic rings. The summed E-state index contributed by atoms with van der Waals surface area (Å²) >= 11 is 0. The Morgan fingerprint density at radius 1 is 1.50 bits per heavy atom. The maximum atomic E-state index is 11.8. The van der Waals surface area contributed by atoms with Crippen LogP contribution in [0, 0.1) is 23.7 Å². The van der Waals surface area contributed by atoms with Crippen molar-refractivity contribution in [1.82, 2.24) is 4.98 Å². The number of nitrogens with zero attached hydrogens (tertiary/aromatic N) is 2. The van der Waals surface area contributed by atoms with Crippen LogP contribution in [0.5, 0.6) is 0 Å². The number of aryl methyl sites for hydroxylation is 1. The van der Waals surface area contributed by atoms with Crippen molar-refractivity contribution in [2.24, 2.45) is 5.41 Å². The highest BCUT2D eigenvalue weighted by atomic mass is 16.2. The van der Waals surface area contributed by atoms with Gasteiger partial charge in [0.25, 0.3) is 0 Å². The molecule has 1 aromatic heterocycles. The molecule has 84 valence electrons. The molecule has 1 rings (SSSR count). The predicted octanol–water partition coefficient (Wildman–Crippen LogP) is 2.25. The molecule has 0 aromatic carbocycles. The van der Waals surface area contributed by atoms with Crippen LogP contribution in [-0.4, -0.2) is 10.9 Å². The van der Waals surface area contributed by atoms with E-state index in [9.17, 15) is 4.79 Å². The second-order valence-corrected chi connectivity index (χ2v) is 4.67. The largest absolute Gasteiger partial charge is 0.324 e. The number of hydrogen-bond donors (Lipinski definition) is 1. The van der Waals surface area contributed by atoms with Gasteiger partial charge in [-0.1, -0.05) is 20.8 Å². The number of nitrogens with one attached hydrogen (secondary N) is 1. The molecule has 0 atom stereocenters. The van der Waals surface area contributed by atoms with Crippen LogP contribution in [0.3, 0.4) is 0 Å². The third kappa shape index (κ3) is 2.80. The first-order chi connectivity index (χ1) is 7.34. The minimum absolute atomic E-state index is 0.0903. The van der Waals surface area contributed by atoms with Crippen molar-refractivity contribution in [3.05, 3.63) is 23.5 Å². The zero-order chi connectivity index (χ0) is 12.3. The number of amides is 1. The first-order valence-corrected chi connectivity index (χ1v) is 5.03. The van der Waals surface area contributed by atoms with E-state index in [1.807, 2.05) is 26.8 Å². The first kappa shape index (κ1) is 12.2. The van der Waals surface area contributed by atoms with Gasteiger partial charge in [-0.05, 0) is 13.0 Å². The van der Waals surface area contributed by atoms with Crippen LogP contribution in [0.4, 0.5) is 5.69 Å². The summed E-state index contributed by atoms with van der Waals surface area (Å²) in [6, 6.07) is 3.62. The molecule has 0 radical (unpaired) electrons. The van der Waals surface area contributed by atoms with Gasteiger partial charge in [0, 0.05) is 11.6 Å². The van der Waals surface area contributed by atoms with Crippen molar-refractivity contribution in [2.45, 2.75) is 27.7 Å². The molecule has 1 amide bonds. The lowest BCUT2D eigenvalue weighted by molar-refractivity contribution is -0.123. The average Bonchev–Trinajstić information content (AvgIpc) is 2.19. The van der Waals surface area contributed by atoms with Crippen LogP contribution in [0.15, 0.2) is 12.3 Å². The van der Waals surface area contributed by atoms with E-state index >= 15 is 0 Å². The normalized spacial score (nSPS) is 10.7. The average molecular weight is 217 g/mol. The molecule has 0 aliphatic heterocycles. The fourth-order valence-corrected chi connectivity index (χ4v) is 1.03. The molecule has 16 heavy (non-hydrogen) atoms. The number of anilines is 1. The van der Waals surface area contributed by atoms with Crippen LogP contribution in [0.2, 0.25) is 0 Å². The highest BCUT2D eigenvalue weighted by Gasteiger charge is 2.21. The lowest BCUT2D eigenvalue weighted by atomic mass is 9.95. The van der Waals surface area contributed by atoms with Gasteiger partial charge < -0.3 is 5.32 Å². The Labute approximate surface area is 95.3 Å². The molecule has 4 nitrogen and oxygen atoms in total. The predicted molar refractivity (Wildman–Crippen MR) is 61.8 cm³/mol. The Kier molecular flexibility index (Phi) is 3.28. The molecule has 4 heteroatoms. The van der Waals surface area contributed by atoms with Crippen LogP contribution in [-0.2, 0) is 4.79 Å². The molecule has 1 N–H and O–H groups in total. The number of rotatable bonds is 1. The second kappa shape index (κ2) is 4.31. The molecular weight excluding hydrogens is 202 g/mol. The summed E-state index contributed by atoms with van der Waals surface area (Å²) in [5.74, 6) is -0.0903. The molecule has 0 aliphatic rings. The molecule has 0 spiro atoms. The Hall–Kier alpha value is -1.89. The number of carbonyl (C=O) groups excluding carboxylic acids is 1. The lowest BCUT2D eigenvalue weighted by Gasteiger charge is -2.18. The Bertz CT molecular complexity index is 452. The van der Waals surface area contributed by atoms with Crippen LogP contribution in [0.25, 0.3) is 0 Å². The zero-order valence-electron chi connectivity index (χ0n) is 9.96. The lowest BCUT2D eigenvalue weighted by Crippen LogP contribution is -2.28. The van der Waals surface area contributed by atoms with E-state index in [0.29, 0.717) is 16.9 Å². The molecule has 0 bridgehead atoms. The smallest absolute Gasteiger partial charge is 0.229 e. The third-order valence-electron chi connectivity index (χ3n) is 2.15. The first-order valence-electron chi connectivity index (χ1n) is 5.03. The number of pyridine rings is 1. The number of hydrogen-bond acceptors (Lipinski definition) is 3. The van der Waals surface area contributed by atoms with Gasteiger partial charge in [-0.3, -0.25) is 9.78 Å². The van der Waals surface area contributed by atoms with Crippen molar-refractivity contribution in [2.75, 3.05) is 5.32 Å². The highest BCUT2D eigenvalue weighted by Crippen LogP contribution is 2.19. The molecule has 1 heterocycles. The van der Waals surface area contributed by atoms with E-state index in [4.69, 9.17) is 5.26 Å². The standard InChI is InChI=1S/C12H15N3O/c1-8-10(5-9(6-13)7-14-8)15-11(16)12(2,3)4/h5,7H,1-4H3,(H,15,16). The van der Waals surface area contributed by atoms with Gasteiger partial charge >= 0.3 is 0 Å². The Morgan fingerprint density at radius 2 is 2.12 bits per heavy atom. The van der Waals surface area contributed by atoms with E-state index in [0.717, 1.165) is 0 Å². The summed E-state index contributed by atoms with van der Waals surface area (Å²) in [6.07, 6.45) is 1.49. The van der Waals surface area contributed by atoms with Gasteiger partial charge in [-0.2, -0.15) is 5.26 Å². The molecular formula is C12H15N3O. The van der Waals surface area contributed by atoms with E-state index < -0.39 is 5.41 Å². The topological polar surface area (TPSA) is 65.8 Å². The number of aromatic nitrogens is 1. The zero-order valence-corrected chi connectivity index (χ0v) is 9.96. The summed E-state index contributed by atoms with van der Waals surface area (Å²) in [7, 11) is 0. The van der Waals surface area contributed by atoms with Gasteiger partial charge in [0.05, 0.1) is 16.9 Å². The molecule has 0 aliphatic carbocycles. The summed E-state index contributed by atoms with van der Waals surface area (Å²) in [6.45, 7) is 7.29. The van der Waals surface area contributed by atoms with Crippen molar-refractivity contribution < 1.29 is 4.79 Å². The van der Waals surface area contributed by atoms with Crippen molar-refractivity contribution in [1.29, 1.82) is 5.26 Å². The Morgan fingerprint density at radius 3 is 2.62 bits per heavy atom. The van der Waals surface area contributed by atoms with Gasteiger partial charge in [0.2, 0.25) is 5.91 Å². The van der Waals surface area contributed by atoms with Crippen molar-refractivity contribution in [3.63, 3.8) is 0 Å². The van der Waals surface area contributed by atoms with Gasteiger partial charge in [-0.15, -0.1) is 0 Å². The summed E-state index contributed by atoms with van der Waals surface area (Å²) in [4.78, 5) is 15.8. The van der Waals surface area contributed by atoms with Gasteiger partial charge in [0.1, 0.15) is 6.07 Å². The molecule has 0 fully saturated rings. The van der Waals surface area contributed by atoms with Gasteiger partial charge in [0.15, 0.2) is 0 Å². The second-order valence-electron chi connectivity index (χ2n) is 4.67. The van der Waals surface area contributed by atoms with Crippen molar-refractivity contribution >= 4 is 11.6 Å². The Balaban J connectivity index is 2.98. The summed E-state index contributed by atoms with van der Waals surface area (Å²) in [5, 5.41) is 11.5. The van der Waals surface area contributed by atoms with Gasteiger partial charge in [-0.25, -0.2) is 0 Å². The van der Waals surface area contributed by atoms with E-state index in [1.54, 1.807) is 13.0 Å². The van der Waals surface area contributed by atoms with E-state index in [2.05, 4.69) is 10.3 Å². The SMILES string of the molecule is Cc1ncc(C#N)cc1NC(=O)C(C)(C)C. The summed E-state index contributed by atoms with van der Waals surface area (Å²) < 4.78 is 0. The maximum Gasteiger partial charge on any atom is 0.229 e. The minimum atomic E-state index is -0.463. The molecule has 0 saturated carbocycles. The maximum absolute atomic E-state index is 11.8. The summed E-state index contributed by atoms with van der Waals surface area (Å²) in [5.41, 5.74) is 1.28. The fourth-order valence-electron chi connectivity index (χ4n) is 1.03. The van der Waals surface area contributed by atoms with Crippen LogP contribution >= 0.6 is 0 Å². The molecule has 0 saturated heterocycles. The highest BCUT2D eigenvalue weighted by molar-refractivity contribution is 5.95. The van der Waals surface area contributed by atoms with Crippen LogP contribution < -0.4 is 5.32 Å². The fraction of sp³-hybridized carbons (Fsp3) is 0.417. The van der Waals surface area contributed by atoms with Crippen molar-refractivity contribution in [3.8, 4) is 6.07 Å².